The van der Waals surface area contributed by atoms with Crippen LogP contribution in [0, 0.1) is 0 Å². The topological polar surface area (TPSA) is 76.7 Å². The molecule has 0 atom stereocenters. The summed E-state index contributed by atoms with van der Waals surface area (Å²) in [6, 6.07) is 11.3. The fourth-order valence-electron chi connectivity index (χ4n) is 1.48. The molecule has 0 saturated heterocycles. The maximum atomic E-state index is 10.5. The van der Waals surface area contributed by atoms with E-state index in [4.69, 9.17) is 33.7 Å². The number of benzene rings is 2. The smallest absolute Gasteiger partial charge is 0.332 e. The summed E-state index contributed by atoms with van der Waals surface area (Å²) in [5.74, 6) is 1.12. The van der Waals surface area contributed by atoms with Gasteiger partial charge in [0.15, 0.2) is 0 Å². The number of carbonyl (C=O) groups is 1. The van der Waals surface area contributed by atoms with Gasteiger partial charge in [0.25, 0.3) is 0 Å². The summed E-state index contributed by atoms with van der Waals surface area (Å²) < 4.78 is 5.64. The van der Waals surface area contributed by atoms with Crippen LogP contribution in [0.15, 0.2) is 47.6 Å². The summed E-state index contributed by atoms with van der Waals surface area (Å²) in [5.41, 5.74) is 7.77. The molecule has 0 heterocycles. The highest BCUT2D eigenvalue weighted by molar-refractivity contribution is 6.35. The molecule has 0 aliphatic carbocycles. The SMILES string of the molecule is NC(=O)NN=Cc1ccc(Oc2ccc(Cl)cc2Cl)cc1. The molecular formula is C14H11Cl2N3O2. The Labute approximate surface area is 131 Å². The van der Waals surface area contributed by atoms with E-state index < -0.39 is 6.03 Å². The molecule has 0 bridgehead atoms. The summed E-state index contributed by atoms with van der Waals surface area (Å²) in [7, 11) is 0. The van der Waals surface area contributed by atoms with Gasteiger partial charge in [0.2, 0.25) is 0 Å². The van der Waals surface area contributed by atoms with Crippen LogP contribution in [0.3, 0.4) is 0 Å². The number of ether oxygens (including phenoxy) is 1. The molecule has 0 aliphatic rings. The molecule has 0 fully saturated rings. The summed E-state index contributed by atoms with van der Waals surface area (Å²) >= 11 is 11.8. The second-order valence-corrected chi connectivity index (χ2v) is 4.82. The fraction of sp³-hybridized carbons (Fsp3) is 0. The first kappa shape index (κ1) is 15.2. The van der Waals surface area contributed by atoms with E-state index >= 15 is 0 Å². The Morgan fingerprint density at radius 2 is 1.90 bits per heavy atom. The zero-order chi connectivity index (χ0) is 15.2. The van der Waals surface area contributed by atoms with Crippen LogP contribution in [-0.2, 0) is 0 Å². The Balaban J connectivity index is 2.05. The third kappa shape index (κ3) is 4.66. The minimum absolute atomic E-state index is 0.429. The Morgan fingerprint density at radius 1 is 1.19 bits per heavy atom. The van der Waals surface area contributed by atoms with Crippen molar-refractivity contribution < 1.29 is 9.53 Å². The monoisotopic (exact) mass is 323 g/mol. The number of hydrogen-bond donors (Lipinski definition) is 2. The zero-order valence-electron chi connectivity index (χ0n) is 10.7. The first-order valence-corrected chi connectivity index (χ1v) is 6.61. The number of urea groups is 1. The zero-order valence-corrected chi connectivity index (χ0v) is 12.2. The molecule has 0 aromatic heterocycles. The largest absolute Gasteiger partial charge is 0.456 e. The summed E-state index contributed by atoms with van der Waals surface area (Å²) in [6.07, 6.45) is 1.46. The van der Waals surface area contributed by atoms with Gasteiger partial charge in [-0.3, -0.25) is 0 Å². The lowest BCUT2D eigenvalue weighted by molar-refractivity contribution is 0.249. The van der Waals surface area contributed by atoms with Gasteiger partial charge in [-0.05, 0) is 48.0 Å². The minimum Gasteiger partial charge on any atom is -0.456 e. The van der Waals surface area contributed by atoms with Crippen LogP contribution in [-0.4, -0.2) is 12.2 Å². The molecular weight excluding hydrogens is 313 g/mol. The molecule has 2 rings (SSSR count). The maximum absolute atomic E-state index is 10.5. The molecule has 3 N–H and O–H groups in total. The van der Waals surface area contributed by atoms with Crippen molar-refractivity contribution in [2.24, 2.45) is 10.8 Å². The predicted molar refractivity (Wildman–Crippen MR) is 83.3 cm³/mol. The van der Waals surface area contributed by atoms with Crippen LogP contribution in [0.1, 0.15) is 5.56 Å². The molecule has 0 aliphatic heterocycles. The molecule has 2 aromatic rings. The van der Waals surface area contributed by atoms with Crippen molar-refractivity contribution in [1.82, 2.24) is 5.43 Å². The van der Waals surface area contributed by atoms with Crippen LogP contribution in [0.25, 0.3) is 0 Å². The molecule has 0 radical (unpaired) electrons. The maximum Gasteiger partial charge on any atom is 0.332 e. The molecule has 2 aromatic carbocycles. The Morgan fingerprint density at radius 3 is 2.52 bits per heavy atom. The van der Waals surface area contributed by atoms with Crippen molar-refractivity contribution in [2.45, 2.75) is 0 Å². The van der Waals surface area contributed by atoms with Gasteiger partial charge in [-0.2, -0.15) is 5.10 Å². The molecule has 21 heavy (non-hydrogen) atoms. The van der Waals surface area contributed by atoms with Crippen molar-refractivity contribution in [2.75, 3.05) is 0 Å². The molecule has 0 unspecified atom stereocenters. The second-order valence-electron chi connectivity index (χ2n) is 3.98. The van der Waals surface area contributed by atoms with E-state index in [1.807, 2.05) is 0 Å². The number of primary amides is 1. The number of rotatable bonds is 4. The van der Waals surface area contributed by atoms with Gasteiger partial charge in [0.05, 0.1) is 11.2 Å². The Hall–Kier alpha value is -2.24. The van der Waals surface area contributed by atoms with Gasteiger partial charge in [-0.1, -0.05) is 23.2 Å². The van der Waals surface area contributed by atoms with Crippen LogP contribution < -0.4 is 15.9 Å². The van der Waals surface area contributed by atoms with E-state index in [2.05, 4.69) is 10.5 Å². The molecule has 5 nitrogen and oxygen atoms in total. The first-order valence-electron chi connectivity index (χ1n) is 5.86. The standard InChI is InChI=1S/C14H11Cl2N3O2/c15-10-3-6-13(12(16)7-10)21-11-4-1-9(2-5-11)8-18-19-14(17)20/h1-8H,(H3,17,19,20). The van der Waals surface area contributed by atoms with Crippen molar-refractivity contribution >= 4 is 35.4 Å². The Bertz CT molecular complexity index is 672. The number of nitrogens with zero attached hydrogens (tertiary/aromatic N) is 1. The lowest BCUT2D eigenvalue weighted by Gasteiger charge is -2.07. The van der Waals surface area contributed by atoms with Gasteiger partial charge in [-0.15, -0.1) is 0 Å². The highest BCUT2D eigenvalue weighted by Gasteiger charge is 2.03. The summed E-state index contributed by atoms with van der Waals surface area (Å²) in [5, 5.41) is 4.62. The third-order valence-electron chi connectivity index (χ3n) is 2.39. The number of hydrazone groups is 1. The van der Waals surface area contributed by atoms with Gasteiger partial charge < -0.3 is 10.5 Å². The number of nitrogens with two attached hydrogens (primary N) is 1. The van der Waals surface area contributed by atoms with Gasteiger partial charge in [0, 0.05) is 5.02 Å². The molecule has 0 saturated carbocycles. The van der Waals surface area contributed by atoms with E-state index in [0.717, 1.165) is 5.56 Å². The van der Waals surface area contributed by atoms with E-state index in [-0.39, 0.29) is 0 Å². The molecule has 0 spiro atoms. The molecule has 7 heteroatoms. The van der Waals surface area contributed by atoms with Crippen molar-refractivity contribution in [1.29, 1.82) is 0 Å². The number of amides is 2. The lowest BCUT2D eigenvalue weighted by atomic mass is 10.2. The Kier molecular flexibility index (Phi) is 5.03. The summed E-state index contributed by atoms with van der Waals surface area (Å²) in [4.78, 5) is 10.5. The lowest BCUT2D eigenvalue weighted by Crippen LogP contribution is -2.24. The van der Waals surface area contributed by atoms with Gasteiger partial charge in [0.1, 0.15) is 11.5 Å². The average Bonchev–Trinajstić information content (AvgIpc) is 2.43. The number of halogens is 2. The third-order valence-corrected chi connectivity index (χ3v) is 2.92. The number of hydrogen-bond acceptors (Lipinski definition) is 3. The first-order chi connectivity index (χ1) is 10.0. The van der Waals surface area contributed by atoms with Crippen LogP contribution >= 0.6 is 23.2 Å². The van der Waals surface area contributed by atoms with Crippen molar-refractivity contribution in [3.63, 3.8) is 0 Å². The number of nitrogens with one attached hydrogen (secondary N) is 1. The second kappa shape index (κ2) is 6.97. The number of carbonyl (C=O) groups excluding carboxylic acids is 1. The van der Waals surface area contributed by atoms with Crippen molar-refractivity contribution in [3.05, 3.63) is 58.1 Å². The van der Waals surface area contributed by atoms with Crippen LogP contribution in [0.5, 0.6) is 11.5 Å². The predicted octanol–water partition coefficient (Wildman–Crippen LogP) is 3.79. The van der Waals surface area contributed by atoms with Crippen molar-refractivity contribution in [3.8, 4) is 11.5 Å². The molecule has 108 valence electrons. The fourth-order valence-corrected chi connectivity index (χ4v) is 1.92. The van der Waals surface area contributed by atoms with E-state index in [1.54, 1.807) is 42.5 Å². The minimum atomic E-state index is -0.719. The van der Waals surface area contributed by atoms with Gasteiger partial charge >= 0.3 is 6.03 Å². The van der Waals surface area contributed by atoms with Gasteiger partial charge in [-0.25, -0.2) is 10.2 Å². The summed E-state index contributed by atoms with van der Waals surface area (Å²) in [6.45, 7) is 0. The van der Waals surface area contributed by atoms with E-state index in [0.29, 0.717) is 21.5 Å². The van der Waals surface area contributed by atoms with E-state index in [9.17, 15) is 4.79 Å². The van der Waals surface area contributed by atoms with Crippen LogP contribution in [0.4, 0.5) is 4.79 Å². The highest BCUT2D eigenvalue weighted by atomic mass is 35.5. The van der Waals surface area contributed by atoms with Crippen LogP contribution in [0.2, 0.25) is 10.0 Å². The normalized spacial score (nSPS) is 10.6. The quantitative estimate of drug-likeness (QED) is 0.663. The van der Waals surface area contributed by atoms with E-state index in [1.165, 1.54) is 6.21 Å². The molecule has 2 amide bonds. The average molecular weight is 324 g/mol. The highest BCUT2D eigenvalue weighted by Crippen LogP contribution is 2.31.